The van der Waals surface area contributed by atoms with Gasteiger partial charge in [0.1, 0.15) is 12.6 Å². The number of fused-ring (bicyclic) bond motifs is 3. The van der Waals surface area contributed by atoms with Crippen molar-refractivity contribution in [3.8, 4) is 11.1 Å². The Morgan fingerprint density at radius 2 is 1.63 bits per heavy atom. The standard InChI is InChI=1S/C26H28F2N2O5/c27-24(28)22(13-23(31)32)30-25(33)15-6-5-7-16(12-15)29-26(34)35-14-21-19-10-3-1-8-17(19)18-9-2-4-11-20(18)21/h1-4,8-11,15-16,21-22,24H,5-7,12-14H2,(H,29,34)(H,30,33)(H,31,32). The van der Waals surface area contributed by atoms with E-state index < -0.39 is 42.8 Å². The molecule has 2 aliphatic rings. The van der Waals surface area contributed by atoms with E-state index >= 15 is 0 Å². The summed E-state index contributed by atoms with van der Waals surface area (Å²) < 4.78 is 31.7. The lowest BCUT2D eigenvalue weighted by Gasteiger charge is -2.30. The van der Waals surface area contributed by atoms with Gasteiger partial charge in [-0.1, -0.05) is 55.0 Å². The fourth-order valence-electron chi connectivity index (χ4n) is 5.06. The molecule has 0 heterocycles. The average molecular weight is 487 g/mol. The Labute approximate surface area is 201 Å². The highest BCUT2D eigenvalue weighted by molar-refractivity contribution is 5.80. The second-order valence-corrected chi connectivity index (χ2v) is 9.08. The van der Waals surface area contributed by atoms with Crippen LogP contribution in [0.4, 0.5) is 13.6 Å². The Morgan fingerprint density at radius 3 is 2.23 bits per heavy atom. The Hall–Kier alpha value is -3.49. The topological polar surface area (TPSA) is 105 Å². The summed E-state index contributed by atoms with van der Waals surface area (Å²) in [7, 11) is 0. The zero-order valence-electron chi connectivity index (χ0n) is 19.1. The van der Waals surface area contributed by atoms with Crippen molar-refractivity contribution in [1.82, 2.24) is 10.6 Å². The van der Waals surface area contributed by atoms with Gasteiger partial charge in [0, 0.05) is 17.9 Å². The van der Waals surface area contributed by atoms with Gasteiger partial charge in [0.15, 0.2) is 0 Å². The number of amides is 2. The lowest BCUT2D eigenvalue weighted by atomic mass is 9.85. The van der Waals surface area contributed by atoms with Gasteiger partial charge >= 0.3 is 12.1 Å². The predicted molar refractivity (Wildman–Crippen MR) is 124 cm³/mol. The van der Waals surface area contributed by atoms with Crippen molar-refractivity contribution in [3.05, 3.63) is 59.7 Å². The van der Waals surface area contributed by atoms with E-state index in [1.54, 1.807) is 0 Å². The molecule has 2 aromatic carbocycles. The largest absolute Gasteiger partial charge is 0.481 e. The van der Waals surface area contributed by atoms with E-state index in [2.05, 4.69) is 22.8 Å². The first-order chi connectivity index (χ1) is 16.8. The van der Waals surface area contributed by atoms with Crippen molar-refractivity contribution in [2.45, 2.75) is 56.5 Å². The highest BCUT2D eigenvalue weighted by atomic mass is 19.3. The molecular weight excluding hydrogens is 458 g/mol. The van der Waals surface area contributed by atoms with Crippen molar-refractivity contribution in [2.75, 3.05) is 6.61 Å². The van der Waals surface area contributed by atoms with Crippen molar-refractivity contribution in [2.24, 2.45) is 5.92 Å². The van der Waals surface area contributed by atoms with Crippen molar-refractivity contribution >= 4 is 18.0 Å². The number of nitrogens with one attached hydrogen (secondary N) is 2. The number of ether oxygens (including phenoxy) is 1. The molecular formula is C26H28F2N2O5. The number of aliphatic carboxylic acids is 1. The van der Waals surface area contributed by atoms with E-state index in [1.807, 2.05) is 36.4 Å². The number of carbonyl (C=O) groups excluding carboxylic acids is 2. The minimum absolute atomic E-state index is 0.0708. The molecule has 0 bridgehead atoms. The van der Waals surface area contributed by atoms with Gasteiger partial charge in [0.2, 0.25) is 5.91 Å². The quantitative estimate of drug-likeness (QED) is 0.516. The van der Waals surface area contributed by atoms with Gasteiger partial charge < -0.3 is 20.5 Å². The van der Waals surface area contributed by atoms with E-state index in [1.165, 1.54) is 0 Å². The number of benzene rings is 2. The van der Waals surface area contributed by atoms with Gasteiger partial charge in [-0.2, -0.15) is 0 Å². The molecule has 0 radical (unpaired) electrons. The first-order valence-corrected chi connectivity index (χ1v) is 11.7. The number of carbonyl (C=O) groups is 3. The minimum atomic E-state index is -2.98. The minimum Gasteiger partial charge on any atom is -0.481 e. The molecule has 2 aromatic rings. The number of hydrogen-bond donors (Lipinski definition) is 3. The molecule has 1 fully saturated rings. The molecule has 9 heteroatoms. The molecule has 0 spiro atoms. The third-order valence-corrected chi connectivity index (χ3v) is 6.74. The third kappa shape index (κ3) is 5.78. The fraction of sp³-hybridized carbons (Fsp3) is 0.423. The van der Waals surface area contributed by atoms with Crippen LogP contribution in [0.5, 0.6) is 0 Å². The second-order valence-electron chi connectivity index (χ2n) is 9.08. The average Bonchev–Trinajstić information content (AvgIpc) is 3.16. The number of rotatable bonds is 8. The van der Waals surface area contributed by atoms with Crippen LogP contribution >= 0.6 is 0 Å². The number of alkyl carbamates (subject to hydrolysis) is 1. The van der Waals surface area contributed by atoms with Gasteiger partial charge in [0.25, 0.3) is 6.43 Å². The summed E-state index contributed by atoms with van der Waals surface area (Å²) in [4.78, 5) is 35.8. The van der Waals surface area contributed by atoms with Gasteiger partial charge in [-0.25, -0.2) is 13.6 Å². The number of halogens is 2. The number of carboxylic acids is 1. The number of hydrogen-bond acceptors (Lipinski definition) is 4. The molecule has 3 N–H and O–H groups in total. The third-order valence-electron chi connectivity index (χ3n) is 6.74. The molecule has 186 valence electrons. The Morgan fingerprint density at radius 1 is 1.00 bits per heavy atom. The normalized spacial score (nSPS) is 20.0. The molecule has 4 rings (SSSR count). The van der Waals surface area contributed by atoms with Crippen LogP contribution in [0.15, 0.2) is 48.5 Å². The summed E-state index contributed by atoms with van der Waals surface area (Å²) in [5.74, 6) is -2.68. The molecule has 0 aromatic heterocycles. The fourth-order valence-corrected chi connectivity index (χ4v) is 5.06. The lowest BCUT2D eigenvalue weighted by Crippen LogP contribution is -2.47. The smallest absolute Gasteiger partial charge is 0.407 e. The zero-order valence-corrected chi connectivity index (χ0v) is 19.1. The molecule has 0 saturated heterocycles. The monoisotopic (exact) mass is 486 g/mol. The van der Waals surface area contributed by atoms with Crippen molar-refractivity contribution in [1.29, 1.82) is 0 Å². The lowest BCUT2D eigenvalue weighted by molar-refractivity contribution is -0.139. The maximum Gasteiger partial charge on any atom is 0.407 e. The van der Waals surface area contributed by atoms with E-state index in [0.717, 1.165) is 22.3 Å². The van der Waals surface area contributed by atoms with Gasteiger partial charge in [-0.3, -0.25) is 9.59 Å². The maximum absolute atomic E-state index is 13.1. The van der Waals surface area contributed by atoms with Crippen LogP contribution in [0.2, 0.25) is 0 Å². The van der Waals surface area contributed by atoms with Crippen LogP contribution in [0.25, 0.3) is 11.1 Å². The molecule has 2 aliphatic carbocycles. The van der Waals surface area contributed by atoms with Crippen LogP contribution in [0.3, 0.4) is 0 Å². The van der Waals surface area contributed by atoms with Crippen LogP contribution < -0.4 is 10.6 Å². The first kappa shape index (κ1) is 24.6. The first-order valence-electron chi connectivity index (χ1n) is 11.7. The van der Waals surface area contributed by atoms with Crippen LogP contribution in [-0.4, -0.2) is 48.2 Å². The molecule has 3 unspecified atom stereocenters. The van der Waals surface area contributed by atoms with Gasteiger partial charge in [-0.05, 0) is 41.5 Å². The van der Waals surface area contributed by atoms with Crippen molar-refractivity contribution in [3.63, 3.8) is 0 Å². The summed E-state index contributed by atoms with van der Waals surface area (Å²) in [6.07, 6.45) is -2.39. The highest BCUT2D eigenvalue weighted by Crippen LogP contribution is 2.44. The second kappa shape index (κ2) is 10.8. The Bertz CT molecular complexity index is 1050. The summed E-state index contributed by atoms with van der Waals surface area (Å²) >= 11 is 0. The summed E-state index contributed by atoms with van der Waals surface area (Å²) in [5.41, 5.74) is 4.46. The summed E-state index contributed by atoms with van der Waals surface area (Å²) in [6, 6.07) is 14.0. The molecule has 3 atom stereocenters. The Balaban J connectivity index is 1.31. The van der Waals surface area contributed by atoms with E-state index in [-0.39, 0.29) is 25.0 Å². The van der Waals surface area contributed by atoms with Crippen LogP contribution in [-0.2, 0) is 14.3 Å². The van der Waals surface area contributed by atoms with Gasteiger partial charge in [0.05, 0.1) is 6.42 Å². The summed E-state index contributed by atoms with van der Waals surface area (Å²) in [5, 5.41) is 13.7. The predicted octanol–water partition coefficient (Wildman–Crippen LogP) is 4.31. The van der Waals surface area contributed by atoms with Crippen LogP contribution in [0.1, 0.15) is 49.1 Å². The van der Waals surface area contributed by atoms with Gasteiger partial charge in [-0.15, -0.1) is 0 Å². The van der Waals surface area contributed by atoms with Crippen molar-refractivity contribution < 1.29 is 33.0 Å². The zero-order chi connectivity index (χ0) is 24.9. The molecule has 1 saturated carbocycles. The number of carboxylic acid groups (broad SMARTS) is 1. The molecule has 35 heavy (non-hydrogen) atoms. The maximum atomic E-state index is 13.1. The summed E-state index contributed by atoms with van der Waals surface area (Å²) in [6.45, 7) is 0.168. The Kier molecular flexibility index (Phi) is 7.63. The molecule has 2 amide bonds. The van der Waals surface area contributed by atoms with Crippen LogP contribution in [0, 0.1) is 5.92 Å². The number of alkyl halides is 2. The van der Waals surface area contributed by atoms with E-state index in [4.69, 9.17) is 9.84 Å². The highest BCUT2D eigenvalue weighted by Gasteiger charge is 2.33. The SMILES string of the molecule is O=C(O)CC(NC(=O)C1CCCC(NC(=O)OCC2c3ccccc3-c3ccccc32)C1)C(F)F. The molecule has 0 aliphatic heterocycles. The molecule has 7 nitrogen and oxygen atoms in total. The van der Waals surface area contributed by atoms with E-state index in [0.29, 0.717) is 19.3 Å². The van der Waals surface area contributed by atoms with E-state index in [9.17, 15) is 23.2 Å².